The molecule has 90 valence electrons. The van der Waals surface area contributed by atoms with Gasteiger partial charge in [0.05, 0.1) is 6.04 Å². The summed E-state index contributed by atoms with van der Waals surface area (Å²) in [6.45, 7) is 1.70. The minimum atomic E-state index is 0.103. The maximum Gasteiger partial charge on any atom is 0.201 e. The number of halogens is 1. The molecule has 2 aliphatic heterocycles. The van der Waals surface area contributed by atoms with E-state index in [-0.39, 0.29) is 6.04 Å². The Morgan fingerprint density at radius 1 is 1.41 bits per heavy atom. The number of hydrogen-bond acceptors (Lipinski definition) is 3. The van der Waals surface area contributed by atoms with Gasteiger partial charge in [-0.2, -0.15) is 0 Å². The van der Waals surface area contributed by atoms with E-state index in [1.54, 1.807) is 0 Å². The second kappa shape index (κ2) is 4.67. The van der Waals surface area contributed by atoms with Crippen molar-refractivity contribution >= 4 is 17.5 Å². The number of nitrogens with one attached hydrogen (secondary N) is 1. The van der Waals surface area contributed by atoms with Gasteiger partial charge in [-0.25, -0.2) is 4.99 Å². The molecule has 17 heavy (non-hydrogen) atoms. The van der Waals surface area contributed by atoms with Crippen LogP contribution in [0.2, 0.25) is 5.02 Å². The van der Waals surface area contributed by atoms with Gasteiger partial charge in [0, 0.05) is 5.02 Å². The fourth-order valence-electron chi connectivity index (χ4n) is 2.36. The number of benzene rings is 1. The Bertz CT molecular complexity index is 441. The smallest absolute Gasteiger partial charge is 0.201 e. The molecule has 1 fully saturated rings. The van der Waals surface area contributed by atoms with Crippen LogP contribution < -0.4 is 5.32 Å². The topological polar surface area (TPSA) is 33.6 Å². The lowest BCUT2D eigenvalue weighted by Gasteiger charge is -2.08. The van der Waals surface area contributed by atoms with E-state index in [1.807, 2.05) is 18.2 Å². The first-order chi connectivity index (χ1) is 8.33. The molecule has 3 nitrogen and oxygen atoms in total. The lowest BCUT2D eigenvalue weighted by molar-refractivity contribution is 0.304. The standard InChI is InChI=1S/C13H15ClN2O/c14-10-4-1-3-9(7-10)12-8-17-13(16-12)11-5-2-6-15-11/h1,3-4,7,11-12,15H,2,5-6,8H2. The van der Waals surface area contributed by atoms with Crippen molar-refractivity contribution in [2.45, 2.75) is 24.9 Å². The lowest BCUT2D eigenvalue weighted by atomic mass is 10.1. The maximum atomic E-state index is 5.99. The van der Waals surface area contributed by atoms with Crippen molar-refractivity contribution in [3.05, 3.63) is 34.9 Å². The Morgan fingerprint density at radius 3 is 3.12 bits per heavy atom. The summed E-state index contributed by atoms with van der Waals surface area (Å²) in [5, 5.41) is 4.15. The van der Waals surface area contributed by atoms with Crippen molar-refractivity contribution in [3.63, 3.8) is 0 Å². The van der Waals surface area contributed by atoms with Gasteiger partial charge in [-0.1, -0.05) is 23.7 Å². The Kier molecular flexibility index (Phi) is 3.04. The third-order valence-corrected chi connectivity index (χ3v) is 3.50. The summed E-state index contributed by atoms with van der Waals surface area (Å²) in [7, 11) is 0. The van der Waals surface area contributed by atoms with Gasteiger partial charge in [0.2, 0.25) is 5.90 Å². The minimum absolute atomic E-state index is 0.103. The lowest BCUT2D eigenvalue weighted by Crippen LogP contribution is -2.30. The van der Waals surface area contributed by atoms with Gasteiger partial charge in [-0.05, 0) is 37.1 Å². The van der Waals surface area contributed by atoms with Crippen molar-refractivity contribution in [1.29, 1.82) is 0 Å². The molecule has 0 aromatic heterocycles. The average molecular weight is 251 g/mol. The first kappa shape index (κ1) is 11.1. The Morgan fingerprint density at radius 2 is 2.35 bits per heavy atom. The van der Waals surface area contributed by atoms with Crippen molar-refractivity contribution in [2.75, 3.05) is 13.2 Å². The molecule has 1 saturated heterocycles. The van der Waals surface area contributed by atoms with Gasteiger partial charge in [0.25, 0.3) is 0 Å². The quantitative estimate of drug-likeness (QED) is 0.875. The first-order valence-corrected chi connectivity index (χ1v) is 6.40. The van der Waals surface area contributed by atoms with Crippen LogP contribution in [-0.4, -0.2) is 25.1 Å². The zero-order chi connectivity index (χ0) is 11.7. The van der Waals surface area contributed by atoms with Crippen LogP contribution in [0, 0.1) is 0 Å². The van der Waals surface area contributed by atoms with Gasteiger partial charge in [0.15, 0.2) is 0 Å². The van der Waals surface area contributed by atoms with E-state index in [2.05, 4.69) is 16.4 Å². The van der Waals surface area contributed by atoms with Crippen LogP contribution in [0.5, 0.6) is 0 Å². The van der Waals surface area contributed by atoms with Crippen LogP contribution in [-0.2, 0) is 4.74 Å². The second-order valence-electron chi connectivity index (χ2n) is 4.50. The van der Waals surface area contributed by atoms with E-state index in [4.69, 9.17) is 16.3 Å². The fourth-order valence-corrected chi connectivity index (χ4v) is 2.56. The molecule has 0 amide bonds. The highest BCUT2D eigenvalue weighted by molar-refractivity contribution is 6.30. The van der Waals surface area contributed by atoms with Crippen LogP contribution >= 0.6 is 11.6 Å². The highest BCUT2D eigenvalue weighted by Gasteiger charge is 2.28. The van der Waals surface area contributed by atoms with Gasteiger partial charge in [0.1, 0.15) is 12.6 Å². The average Bonchev–Trinajstić information content (AvgIpc) is 3.00. The summed E-state index contributed by atoms with van der Waals surface area (Å²) < 4.78 is 5.69. The van der Waals surface area contributed by atoms with Crippen molar-refractivity contribution in [2.24, 2.45) is 4.99 Å². The van der Waals surface area contributed by atoms with Gasteiger partial charge < -0.3 is 10.1 Å². The Labute approximate surface area is 106 Å². The molecule has 2 unspecified atom stereocenters. The third kappa shape index (κ3) is 2.31. The molecule has 4 heteroatoms. The molecule has 2 aliphatic rings. The van der Waals surface area contributed by atoms with Crippen LogP contribution in [0.4, 0.5) is 0 Å². The Balaban J connectivity index is 1.78. The summed E-state index contributed by atoms with van der Waals surface area (Å²) in [5.74, 6) is 0.868. The zero-order valence-electron chi connectivity index (χ0n) is 9.53. The molecule has 1 N–H and O–H groups in total. The van der Waals surface area contributed by atoms with Crippen molar-refractivity contribution < 1.29 is 4.74 Å². The van der Waals surface area contributed by atoms with E-state index in [0.29, 0.717) is 12.6 Å². The maximum absolute atomic E-state index is 5.99. The molecule has 2 heterocycles. The molecule has 3 rings (SSSR count). The number of rotatable bonds is 2. The SMILES string of the molecule is Clc1cccc(C2COC(C3CCCN3)=N2)c1. The van der Waals surface area contributed by atoms with E-state index in [1.165, 1.54) is 6.42 Å². The predicted octanol–water partition coefficient (Wildman–Crippen LogP) is 2.56. The molecule has 0 bridgehead atoms. The first-order valence-electron chi connectivity index (χ1n) is 6.02. The van der Waals surface area contributed by atoms with E-state index < -0.39 is 0 Å². The van der Waals surface area contributed by atoms with Crippen LogP contribution in [0.15, 0.2) is 29.3 Å². The fraction of sp³-hybridized carbons (Fsp3) is 0.462. The summed E-state index contributed by atoms with van der Waals surface area (Å²) in [4.78, 5) is 4.65. The molecule has 2 atom stereocenters. The molecule has 0 spiro atoms. The molecule has 0 aliphatic carbocycles. The summed E-state index contributed by atoms with van der Waals surface area (Å²) in [6.07, 6.45) is 2.33. The van der Waals surface area contributed by atoms with Crippen LogP contribution in [0.25, 0.3) is 0 Å². The highest BCUT2D eigenvalue weighted by atomic mass is 35.5. The molecule has 0 saturated carbocycles. The number of hydrogen-bond donors (Lipinski definition) is 1. The number of nitrogens with zero attached hydrogens (tertiary/aromatic N) is 1. The number of aliphatic imine (C=N–C) groups is 1. The summed E-state index contributed by atoms with van der Waals surface area (Å²) in [5.41, 5.74) is 1.13. The van der Waals surface area contributed by atoms with Gasteiger partial charge >= 0.3 is 0 Å². The zero-order valence-corrected chi connectivity index (χ0v) is 10.3. The molecular weight excluding hydrogens is 236 g/mol. The van der Waals surface area contributed by atoms with E-state index >= 15 is 0 Å². The van der Waals surface area contributed by atoms with Gasteiger partial charge in [-0.3, -0.25) is 0 Å². The van der Waals surface area contributed by atoms with Crippen LogP contribution in [0.1, 0.15) is 24.4 Å². The predicted molar refractivity (Wildman–Crippen MR) is 68.6 cm³/mol. The molecule has 1 aromatic rings. The minimum Gasteiger partial charge on any atom is -0.477 e. The van der Waals surface area contributed by atoms with Crippen molar-refractivity contribution in [3.8, 4) is 0 Å². The van der Waals surface area contributed by atoms with Gasteiger partial charge in [-0.15, -0.1) is 0 Å². The van der Waals surface area contributed by atoms with Crippen molar-refractivity contribution in [1.82, 2.24) is 5.32 Å². The monoisotopic (exact) mass is 250 g/mol. The summed E-state index contributed by atoms with van der Waals surface area (Å²) >= 11 is 5.99. The number of ether oxygens (including phenoxy) is 1. The molecule has 0 radical (unpaired) electrons. The third-order valence-electron chi connectivity index (χ3n) is 3.26. The molecular formula is C13H15ClN2O. The largest absolute Gasteiger partial charge is 0.477 e. The summed E-state index contributed by atoms with van der Waals surface area (Å²) in [6, 6.07) is 8.27. The van der Waals surface area contributed by atoms with E-state index in [9.17, 15) is 0 Å². The Hall–Kier alpha value is -1.06. The normalized spacial score (nSPS) is 27.9. The van der Waals surface area contributed by atoms with E-state index in [0.717, 1.165) is 29.4 Å². The highest BCUT2D eigenvalue weighted by Crippen LogP contribution is 2.27. The molecule has 1 aromatic carbocycles. The second-order valence-corrected chi connectivity index (χ2v) is 4.93. The van der Waals surface area contributed by atoms with Crippen LogP contribution in [0.3, 0.4) is 0 Å².